The summed E-state index contributed by atoms with van der Waals surface area (Å²) in [6.07, 6.45) is 2.71. The molecule has 4 rings (SSSR count). The van der Waals surface area contributed by atoms with Crippen molar-refractivity contribution >= 4 is 11.8 Å². The maximum atomic E-state index is 13.9. The summed E-state index contributed by atoms with van der Waals surface area (Å²) >= 11 is 0. The van der Waals surface area contributed by atoms with Crippen LogP contribution >= 0.6 is 0 Å². The molecule has 0 radical (unpaired) electrons. The molecule has 0 unspecified atom stereocenters. The quantitative estimate of drug-likeness (QED) is 0.437. The number of ether oxygens (including phenoxy) is 1. The van der Waals surface area contributed by atoms with Crippen molar-refractivity contribution in [3.8, 4) is 11.1 Å². The van der Waals surface area contributed by atoms with Gasteiger partial charge in [0.15, 0.2) is 0 Å². The molecule has 0 saturated carbocycles. The van der Waals surface area contributed by atoms with Crippen LogP contribution in [0.2, 0.25) is 0 Å². The van der Waals surface area contributed by atoms with E-state index in [-0.39, 0.29) is 18.6 Å². The summed E-state index contributed by atoms with van der Waals surface area (Å²) in [6.45, 7) is 5.37. The maximum Gasteiger partial charge on any atom is 0.306 e. The third-order valence-corrected chi connectivity index (χ3v) is 5.76. The van der Waals surface area contributed by atoms with Gasteiger partial charge in [0.2, 0.25) is 0 Å². The highest BCUT2D eigenvalue weighted by atomic mass is 19.1. The topological polar surface area (TPSA) is 56.3 Å². The zero-order valence-corrected chi connectivity index (χ0v) is 19.5. The number of hydrogen-bond donors (Lipinski definition) is 0. The largest absolute Gasteiger partial charge is 0.460 e. The third kappa shape index (κ3) is 5.74. The van der Waals surface area contributed by atoms with Gasteiger partial charge in [0.1, 0.15) is 23.0 Å². The Labute approximate surface area is 198 Å². The highest BCUT2D eigenvalue weighted by molar-refractivity contribution is 5.89. The summed E-state index contributed by atoms with van der Waals surface area (Å²) in [5, 5.41) is 0. The molecule has 6 heteroatoms. The molecule has 1 aliphatic carbocycles. The highest BCUT2D eigenvalue weighted by Gasteiger charge is 2.26. The zero-order valence-electron chi connectivity index (χ0n) is 19.5. The van der Waals surface area contributed by atoms with E-state index in [1.54, 1.807) is 27.0 Å². The Kier molecular flexibility index (Phi) is 6.60. The van der Waals surface area contributed by atoms with Crippen molar-refractivity contribution in [3.63, 3.8) is 0 Å². The van der Waals surface area contributed by atoms with Crippen molar-refractivity contribution in [2.45, 2.75) is 58.0 Å². The van der Waals surface area contributed by atoms with Crippen LogP contribution in [-0.4, -0.2) is 22.3 Å². The molecule has 0 saturated heterocycles. The number of rotatable bonds is 6. The molecule has 1 aliphatic rings. The van der Waals surface area contributed by atoms with Gasteiger partial charge < -0.3 is 4.74 Å². The maximum absolute atomic E-state index is 13.9. The van der Waals surface area contributed by atoms with Crippen molar-refractivity contribution in [2.75, 3.05) is 0 Å². The predicted molar refractivity (Wildman–Crippen MR) is 125 cm³/mol. The number of nitrogens with zero attached hydrogens (tertiary/aromatic N) is 1. The lowest BCUT2D eigenvalue weighted by Gasteiger charge is -2.23. The predicted octanol–water partition coefficient (Wildman–Crippen LogP) is 5.75. The van der Waals surface area contributed by atoms with Crippen molar-refractivity contribution in [1.82, 2.24) is 4.98 Å². The van der Waals surface area contributed by atoms with E-state index in [9.17, 15) is 18.4 Å². The number of halogens is 2. The van der Waals surface area contributed by atoms with Crippen molar-refractivity contribution in [1.29, 1.82) is 0 Å². The van der Waals surface area contributed by atoms with E-state index < -0.39 is 29.1 Å². The fourth-order valence-electron chi connectivity index (χ4n) is 4.47. The molecule has 2 aromatic carbocycles. The molecular formula is C28H27F2NO3. The number of Topliss-reactive ketones (excluding diaryl/α,β-unsaturated/α-hetero) is 1. The average Bonchev–Trinajstić information content (AvgIpc) is 3.10. The molecular weight excluding hydrogens is 436 g/mol. The Morgan fingerprint density at radius 3 is 2.44 bits per heavy atom. The summed E-state index contributed by atoms with van der Waals surface area (Å²) < 4.78 is 33.3. The number of carbonyl (C=O) groups is 2. The Balaban J connectivity index is 1.73. The number of pyridine rings is 1. The molecule has 0 bridgehead atoms. The minimum atomic E-state index is -0.671. The first-order valence-corrected chi connectivity index (χ1v) is 11.3. The number of carbonyl (C=O) groups excluding carboxylic acids is 2. The number of esters is 1. The molecule has 1 atom stereocenters. The van der Waals surface area contributed by atoms with Gasteiger partial charge in [-0.15, -0.1) is 0 Å². The zero-order chi connectivity index (χ0) is 24.5. The molecule has 4 nitrogen and oxygen atoms in total. The smallest absolute Gasteiger partial charge is 0.306 e. The van der Waals surface area contributed by atoms with Gasteiger partial charge in [0.05, 0.1) is 12.1 Å². The minimum absolute atomic E-state index is 0.00282. The van der Waals surface area contributed by atoms with Gasteiger partial charge in [-0.25, -0.2) is 8.78 Å². The Bertz CT molecular complexity index is 1230. The number of hydrogen-bond acceptors (Lipinski definition) is 4. The third-order valence-electron chi connectivity index (χ3n) is 5.76. The van der Waals surface area contributed by atoms with Crippen LogP contribution in [0.4, 0.5) is 8.78 Å². The molecule has 0 amide bonds. The molecule has 176 valence electrons. The number of aromatic nitrogens is 1. The van der Waals surface area contributed by atoms with E-state index in [0.29, 0.717) is 24.1 Å². The Morgan fingerprint density at radius 2 is 1.74 bits per heavy atom. The van der Waals surface area contributed by atoms with Gasteiger partial charge in [-0.1, -0.05) is 24.3 Å². The minimum Gasteiger partial charge on any atom is -0.460 e. The second-order valence-corrected chi connectivity index (χ2v) is 9.78. The first-order chi connectivity index (χ1) is 16.1. The van der Waals surface area contributed by atoms with E-state index in [0.717, 1.165) is 28.3 Å². The number of benzene rings is 2. The second kappa shape index (κ2) is 9.45. The fraction of sp³-hybridized carbons (Fsp3) is 0.321. The molecule has 0 aliphatic heterocycles. The van der Waals surface area contributed by atoms with E-state index in [4.69, 9.17) is 4.74 Å². The molecule has 0 N–H and O–H groups in total. The van der Waals surface area contributed by atoms with Crippen molar-refractivity contribution < 1.29 is 23.1 Å². The fourth-order valence-corrected chi connectivity index (χ4v) is 4.47. The lowest BCUT2D eigenvalue weighted by atomic mass is 9.87. The number of ketones is 1. The van der Waals surface area contributed by atoms with Gasteiger partial charge in [0, 0.05) is 36.6 Å². The molecule has 1 heterocycles. The Morgan fingerprint density at radius 1 is 1.03 bits per heavy atom. The molecule has 1 aromatic heterocycles. The lowest BCUT2D eigenvalue weighted by molar-refractivity contribution is -0.155. The van der Waals surface area contributed by atoms with Crippen LogP contribution < -0.4 is 0 Å². The molecule has 3 aromatic rings. The standard InChI is InChI=1S/C28H27F2NO3/c1-28(2,3)34-26(33)15-21(9-17-10-22(29)16-23(30)11-17)27-25(5-4-8-31-27)19-7-6-18-13-24(32)14-20(18)12-19/h4-8,10-12,16,21H,9,13-15H2,1-3H3/t21-/m1/s1. The summed E-state index contributed by atoms with van der Waals surface area (Å²) in [5.41, 5.74) is 4.13. The number of fused-ring (bicyclic) bond motifs is 1. The van der Waals surface area contributed by atoms with Gasteiger partial charge in [-0.2, -0.15) is 0 Å². The molecule has 34 heavy (non-hydrogen) atoms. The normalized spacial score (nSPS) is 14.1. The SMILES string of the molecule is CC(C)(C)OC(=O)C[C@@H](Cc1cc(F)cc(F)c1)c1ncccc1-c1ccc2c(c1)CC(=O)C2. The summed E-state index contributed by atoms with van der Waals surface area (Å²) in [5.74, 6) is -2.03. The van der Waals surface area contributed by atoms with Gasteiger partial charge in [-0.05, 0) is 67.6 Å². The van der Waals surface area contributed by atoms with Crippen LogP contribution in [0, 0.1) is 11.6 Å². The van der Waals surface area contributed by atoms with Crippen LogP contribution in [0.1, 0.15) is 55.5 Å². The average molecular weight is 464 g/mol. The van der Waals surface area contributed by atoms with Gasteiger partial charge in [-0.3, -0.25) is 14.6 Å². The lowest BCUT2D eigenvalue weighted by Crippen LogP contribution is -2.25. The molecule has 0 fully saturated rings. The van der Waals surface area contributed by atoms with E-state index >= 15 is 0 Å². The van der Waals surface area contributed by atoms with E-state index in [1.807, 2.05) is 30.3 Å². The van der Waals surface area contributed by atoms with Crippen molar-refractivity contribution in [3.05, 3.63) is 88.7 Å². The van der Waals surface area contributed by atoms with Gasteiger partial charge in [0.25, 0.3) is 0 Å². The van der Waals surface area contributed by atoms with E-state index in [1.165, 1.54) is 12.1 Å². The van der Waals surface area contributed by atoms with Crippen LogP contribution in [0.3, 0.4) is 0 Å². The van der Waals surface area contributed by atoms with Crippen LogP contribution in [-0.2, 0) is 33.6 Å². The van der Waals surface area contributed by atoms with Crippen LogP contribution in [0.15, 0.2) is 54.7 Å². The highest BCUT2D eigenvalue weighted by Crippen LogP contribution is 2.35. The first kappa shape index (κ1) is 23.7. The summed E-state index contributed by atoms with van der Waals surface area (Å²) in [6, 6.07) is 13.0. The van der Waals surface area contributed by atoms with Gasteiger partial charge >= 0.3 is 5.97 Å². The van der Waals surface area contributed by atoms with Crippen LogP contribution in [0.5, 0.6) is 0 Å². The summed E-state index contributed by atoms with van der Waals surface area (Å²) in [7, 11) is 0. The monoisotopic (exact) mass is 463 g/mol. The molecule has 0 spiro atoms. The first-order valence-electron chi connectivity index (χ1n) is 11.3. The van der Waals surface area contributed by atoms with Crippen molar-refractivity contribution in [2.24, 2.45) is 0 Å². The Hall–Kier alpha value is -3.41. The summed E-state index contributed by atoms with van der Waals surface area (Å²) in [4.78, 5) is 29.3. The van der Waals surface area contributed by atoms with E-state index in [2.05, 4.69) is 4.98 Å². The van der Waals surface area contributed by atoms with Crippen LogP contribution in [0.25, 0.3) is 11.1 Å². The second-order valence-electron chi connectivity index (χ2n) is 9.78.